The molecule has 1 fully saturated rings. The molecule has 0 radical (unpaired) electrons. The van der Waals surface area contributed by atoms with Gasteiger partial charge in [0.25, 0.3) is 0 Å². The molecule has 5 heteroatoms. The van der Waals surface area contributed by atoms with E-state index in [1.54, 1.807) is 18.6 Å². The molecule has 3 heterocycles. The van der Waals surface area contributed by atoms with Crippen molar-refractivity contribution in [3.05, 3.63) is 42.6 Å². The number of nitrogens with zero attached hydrogens (tertiary/aromatic N) is 4. The quantitative estimate of drug-likeness (QED) is 0.931. The van der Waals surface area contributed by atoms with Crippen LogP contribution in [0, 0.1) is 5.41 Å². The lowest BCUT2D eigenvalue weighted by Crippen LogP contribution is -2.32. The standard InChI is InChI=1S/C18H25N5/c1-18(2,3)13-23-10-4-5-16(23)15-7-6-14(11-21-15)22-17-12-19-8-9-20-17/h6-9,11-12,16H,4-5,10,13H2,1-3H3,(H,20,22). The van der Waals surface area contributed by atoms with Gasteiger partial charge in [-0.1, -0.05) is 20.8 Å². The molecule has 122 valence electrons. The summed E-state index contributed by atoms with van der Waals surface area (Å²) in [5.41, 5.74) is 2.42. The van der Waals surface area contributed by atoms with E-state index in [0.717, 1.165) is 23.7 Å². The van der Waals surface area contributed by atoms with Gasteiger partial charge in [0.15, 0.2) is 0 Å². The van der Waals surface area contributed by atoms with Crippen LogP contribution in [0.3, 0.4) is 0 Å². The second-order valence-electron chi connectivity index (χ2n) is 7.38. The van der Waals surface area contributed by atoms with Gasteiger partial charge in [-0.15, -0.1) is 0 Å². The van der Waals surface area contributed by atoms with Gasteiger partial charge in [-0.2, -0.15) is 0 Å². The minimum atomic E-state index is 0.316. The van der Waals surface area contributed by atoms with Crippen LogP contribution in [0.1, 0.15) is 45.3 Å². The van der Waals surface area contributed by atoms with E-state index in [0.29, 0.717) is 11.5 Å². The van der Waals surface area contributed by atoms with Crippen LogP contribution in [-0.2, 0) is 0 Å². The van der Waals surface area contributed by atoms with E-state index in [1.807, 2.05) is 6.20 Å². The molecule has 0 bridgehead atoms. The Labute approximate surface area is 138 Å². The summed E-state index contributed by atoms with van der Waals surface area (Å²) in [6.45, 7) is 9.17. The highest BCUT2D eigenvalue weighted by molar-refractivity contribution is 5.53. The van der Waals surface area contributed by atoms with E-state index in [1.165, 1.54) is 19.4 Å². The predicted octanol–water partition coefficient (Wildman–Crippen LogP) is 3.80. The molecule has 1 N–H and O–H groups in total. The number of hydrogen-bond acceptors (Lipinski definition) is 5. The van der Waals surface area contributed by atoms with Crippen LogP contribution < -0.4 is 5.32 Å². The molecule has 1 atom stereocenters. The molecule has 1 unspecified atom stereocenters. The molecular formula is C18H25N5. The highest BCUT2D eigenvalue weighted by atomic mass is 15.2. The van der Waals surface area contributed by atoms with Crippen LogP contribution in [0.2, 0.25) is 0 Å². The zero-order chi connectivity index (χ0) is 16.3. The Morgan fingerprint density at radius 1 is 1.17 bits per heavy atom. The third-order valence-electron chi connectivity index (χ3n) is 4.00. The second-order valence-corrected chi connectivity index (χ2v) is 7.38. The first-order valence-electron chi connectivity index (χ1n) is 8.24. The van der Waals surface area contributed by atoms with E-state index in [4.69, 9.17) is 0 Å². The maximum Gasteiger partial charge on any atom is 0.148 e. The van der Waals surface area contributed by atoms with Gasteiger partial charge in [-0.05, 0) is 36.9 Å². The van der Waals surface area contributed by atoms with Crippen molar-refractivity contribution in [2.24, 2.45) is 5.41 Å². The van der Waals surface area contributed by atoms with Crippen molar-refractivity contribution in [1.82, 2.24) is 19.9 Å². The molecule has 5 nitrogen and oxygen atoms in total. The van der Waals surface area contributed by atoms with Crippen molar-refractivity contribution in [3.63, 3.8) is 0 Å². The smallest absolute Gasteiger partial charge is 0.148 e. The molecule has 2 aromatic rings. The van der Waals surface area contributed by atoms with Crippen LogP contribution in [0.5, 0.6) is 0 Å². The van der Waals surface area contributed by atoms with Crippen molar-refractivity contribution in [2.45, 2.75) is 39.7 Å². The Morgan fingerprint density at radius 2 is 2.04 bits per heavy atom. The molecule has 1 aliphatic heterocycles. The first kappa shape index (κ1) is 15.9. The minimum Gasteiger partial charge on any atom is -0.338 e. The Balaban J connectivity index is 1.69. The average molecular weight is 311 g/mol. The number of hydrogen-bond donors (Lipinski definition) is 1. The zero-order valence-electron chi connectivity index (χ0n) is 14.2. The highest BCUT2D eigenvalue weighted by Crippen LogP contribution is 2.33. The first-order valence-corrected chi connectivity index (χ1v) is 8.24. The summed E-state index contributed by atoms with van der Waals surface area (Å²) in [5, 5.41) is 3.22. The van der Waals surface area contributed by atoms with Gasteiger partial charge in [-0.3, -0.25) is 14.9 Å². The largest absolute Gasteiger partial charge is 0.338 e. The Bertz CT molecular complexity index is 618. The van der Waals surface area contributed by atoms with Crippen LogP contribution in [0.15, 0.2) is 36.9 Å². The number of rotatable bonds is 4. The molecule has 0 spiro atoms. The predicted molar refractivity (Wildman–Crippen MR) is 92.6 cm³/mol. The summed E-state index contributed by atoms with van der Waals surface area (Å²) in [5.74, 6) is 0.734. The second kappa shape index (κ2) is 6.62. The summed E-state index contributed by atoms with van der Waals surface area (Å²) >= 11 is 0. The molecular weight excluding hydrogens is 286 g/mol. The van der Waals surface area contributed by atoms with Gasteiger partial charge in [0.1, 0.15) is 5.82 Å². The summed E-state index contributed by atoms with van der Waals surface area (Å²) in [6.07, 6.45) is 9.37. The van der Waals surface area contributed by atoms with E-state index in [9.17, 15) is 0 Å². The molecule has 0 aliphatic carbocycles. The maximum absolute atomic E-state index is 4.68. The van der Waals surface area contributed by atoms with Crippen LogP contribution in [0.25, 0.3) is 0 Å². The highest BCUT2D eigenvalue weighted by Gasteiger charge is 2.29. The van der Waals surface area contributed by atoms with Crippen LogP contribution in [0.4, 0.5) is 11.5 Å². The topological polar surface area (TPSA) is 53.9 Å². The lowest BCUT2D eigenvalue weighted by Gasteiger charge is -2.31. The lowest BCUT2D eigenvalue weighted by molar-refractivity contribution is 0.176. The van der Waals surface area contributed by atoms with E-state index < -0.39 is 0 Å². The minimum absolute atomic E-state index is 0.316. The molecule has 3 rings (SSSR count). The summed E-state index contributed by atoms with van der Waals surface area (Å²) < 4.78 is 0. The third kappa shape index (κ3) is 4.26. The molecule has 0 saturated carbocycles. The zero-order valence-corrected chi connectivity index (χ0v) is 14.2. The number of aromatic nitrogens is 3. The number of nitrogens with one attached hydrogen (secondary N) is 1. The van der Waals surface area contributed by atoms with Gasteiger partial charge in [0.05, 0.1) is 29.8 Å². The third-order valence-corrected chi connectivity index (χ3v) is 4.00. The number of pyridine rings is 1. The van der Waals surface area contributed by atoms with Crippen molar-refractivity contribution in [1.29, 1.82) is 0 Å². The molecule has 0 aromatic carbocycles. The molecule has 2 aromatic heterocycles. The molecule has 1 saturated heterocycles. The molecule has 23 heavy (non-hydrogen) atoms. The van der Waals surface area contributed by atoms with E-state index in [2.05, 4.69) is 58.1 Å². The first-order chi connectivity index (χ1) is 11.0. The number of anilines is 2. The van der Waals surface area contributed by atoms with Crippen molar-refractivity contribution in [3.8, 4) is 0 Å². The van der Waals surface area contributed by atoms with Crippen LogP contribution in [-0.4, -0.2) is 32.9 Å². The summed E-state index contributed by atoms with van der Waals surface area (Å²) in [6, 6.07) is 4.65. The van der Waals surface area contributed by atoms with Gasteiger partial charge < -0.3 is 5.32 Å². The lowest BCUT2D eigenvalue weighted by atomic mass is 9.95. The van der Waals surface area contributed by atoms with Gasteiger partial charge in [0.2, 0.25) is 0 Å². The van der Waals surface area contributed by atoms with Crippen LogP contribution >= 0.6 is 0 Å². The Hall–Kier alpha value is -2.01. The SMILES string of the molecule is CC(C)(C)CN1CCCC1c1ccc(Nc2cnccn2)cn1. The average Bonchev–Trinajstić information content (AvgIpc) is 2.95. The number of likely N-dealkylation sites (tertiary alicyclic amines) is 1. The van der Waals surface area contributed by atoms with Crippen molar-refractivity contribution in [2.75, 3.05) is 18.4 Å². The Kier molecular flexibility index (Phi) is 4.57. The van der Waals surface area contributed by atoms with Gasteiger partial charge in [-0.25, -0.2) is 4.98 Å². The van der Waals surface area contributed by atoms with Gasteiger partial charge >= 0.3 is 0 Å². The van der Waals surface area contributed by atoms with Crippen molar-refractivity contribution < 1.29 is 0 Å². The summed E-state index contributed by atoms with van der Waals surface area (Å²) in [7, 11) is 0. The molecule has 0 amide bonds. The normalized spacial score (nSPS) is 19.0. The monoisotopic (exact) mass is 311 g/mol. The Morgan fingerprint density at radius 3 is 2.70 bits per heavy atom. The fourth-order valence-electron chi connectivity index (χ4n) is 3.15. The summed E-state index contributed by atoms with van der Waals surface area (Å²) in [4.78, 5) is 15.5. The van der Waals surface area contributed by atoms with Gasteiger partial charge in [0, 0.05) is 18.9 Å². The van der Waals surface area contributed by atoms with E-state index in [-0.39, 0.29) is 0 Å². The maximum atomic E-state index is 4.68. The fourth-order valence-corrected chi connectivity index (χ4v) is 3.15. The van der Waals surface area contributed by atoms with E-state index >= 15 is 0 Å². The van der Waals surface area contributed by atoms with Crippen molar-refractivity contribution >= 4 is 11.5 Å². The molecule has 1 aliphatic rings. The fraction of sp³-hybridized carbons (Fsp3) is 0.500.